The van der Waals surface area contributed by atoms with Crippen LogP contribution in [0.15, 0.2) is 4.52 Å². The second-order valence-corrected chi connectivity index (χ2v) is 5.84. The number of ether oxygens (including phenoxy) is 1. The van der Waals surface area contributed by atoms with E-state index in [-0.39, 0.29) is 0 Å². The number of carbonyl (C=O) groups excluding carboxylic acids is 1. The molecule has 1 N–H and O–H groups in total. The van der Waals surface area contributed by atoms with Gasteiger partial charge in [0.05, 0.1) is 0 Å². The summed E-state index contributed by atoms with van der Waals surface area (Å²) in [5.41, 5.74) is -0.803. The number of carbonyl (C=O) groups is 1. The van der Waals surface area contributed by atoms with E-state index in [9.17, 15) is 18.0 Å². The summed E-state index contributed by atoms with van der Waals surface area (Å²) in [6, 6.07) is 0. The van der Waals surface area contributed by atoms with Crippen LogP contribution < -0.4 is 5.32 Å². The largest absolute Gasteiger partial charge is 0.411 e. The van der Waals surface area contributed by atoms with Gasteiger partial charge in [-0.25, -0.2) is 0 Å². The zero-order valence-corrected chi connectivity index (χ0v) is 13.1. The average molecular weight is 335 g/mol. The highest BCUT2D eigenvalue weighted by molar-refractivity contribution is 5.81. The van der Waals surface area contributed by atoms with Gasteiger partial charge in [0.2, 0.25) is 11.8 Å². The van der Waals surface area contributed by atoms with Gasteiger partial charge in [-0.2, -0.15) is 18.2 Å². The zero-order valence-electron chi connectivity index (χ0n) is 13.1. The van der Waals surface area contributed by atoms with Crippen LogP contribution in [0.3, 0.4) is 0 Å². The first-order valence-corrected chi connectivity index (χ1v) is 7.53. The van der Waals surface area contributed by atoms with E-state index in [2.05, 4.69) is 20.2 Å². The number of aromatic nitrogens is 2. The summed E-state index contributed by atoms with van der Waals surface area (Å²) in [6.45, 7) is 1.47. The summed E-state index contributed by atoms with van der Waals surface area (Å²) in [7, 11) is 0. The topological polar surface area (TPSA) is 77.2 Å². The Hall–Kier alpha value is -1.64. The van der Waals surface area contributed by atoms with Crippen molar-refractivity contribution in [2.45, 2.75) is 63.8 Å². The molecular formula is C14H20F3N3O3. The molecule has 1 aromatic rings. The van der Waals surface area contributed by atoms with Gasteiger partial charge >= 0.3 is 6.18 Å². The van der Waals surface area contributed by atoms with Crippen LogP contribution in [0.2, 0.25) is 0 Å². The van der Waals surface area contributed by atoms with E-state index in [0.717, 1.165) is 19.3 Å². The predicted molar refractivity (Wildman–Crippen MR) is 73.4 cm³/mol. The number of hydrogen-bond acceptors (Lipinski definition) is 5. The Morgan fingerprint density at radius 2 is 2.04 bits per heavy atom. The number of nitrogens with one attached hydrogen (secondary N) is 1. The lowest BCUT2D eigenvalue weighted by atomic mass is 9.81. The SMILES string of the molecule is Cc1nc(C2(NC(=O)[C@@H](C)OCC(F)(F)F)CCCCC2)no1. The molecule has 0 bridgehead atoms. The second-order valence-electron chi connectivity index (χ2n) is 5.84. The predicted octanol–water partition coefficient (Wildman–Crippen LogP) is 2.62. The smallest absolute Gasteiger partial charge is 0.359 e. The molecule has 9 heteroatoms. The number of amides is 1. The van der Waals surface area contributed by atoms with Crippen LogP contribution in [0, 0.1) is 6.92 Å². The number of rotatable bonds is 5. The van der Waals surface area contributed by atoms with Crippen molar-refractivity contribution in [3.8, 4) is 0 Å². The molecule has 1 aliphatic carbocycles. The fourth-order valence-corrected chi connectivity index (χ4v) is 2.69. The van der Waals surface area contributed by atoms with Crippen LogP contribution in [0.1, 0.15) is 50.7 Å². The third kappa shape index (κ3) is 4.66. The van der Waals surface area contributed by atoms with Gasteiger partial charge in [-0.1, -0.05) is 24.4 Å². The van der Waals surface area contributed by atoms with Gasteiger partial charge < -0.3 is 14.6 Å². The van der Waals surface area contributed by atoms with Gasteiger partial charge in [0, 0.05) is 6.92 Å². The lowest BCUT2D eigenvalue weighted by Crippen LogP contribution is -2.51. The fraction of sp³-hybridized carbons (Fsp3) is 0.786. The highest BCUT2D eigenvalue weighted by Crippen LogP contribution is 2.35. The Morgan fingerprint density at radius 3 is 2.57 bits per heavy atom. The van der Waals surface area contributed by atoms with E-state index in [1.165, 1.54) is 6.92 Å². The summed E-state index contributed by atoms with van der Waals surface area (Å²) in [4.78, 5) is 16.4. The molecule has 0 aliphatic heterocycles. The summed E-state index contributed by atoms with van der Waals surface area (Å²) >= 11 is 0. The third-order valence-electron chi connectivity index (χ3n) is 3.89. The van der Waals surface area contributed by atoms with Crippen molar-refractivity contribution in [3.63, 3.8) is 0 Å². The highest BCUT2D eigenvalue weighted by Gasteiger charge is 2.41. The Morgan fingerprint density at radius 1 is 1.39 bits per heavy atom. The maximum atomic E-state index is 12.2. The molecule has 2 rings (SSSR count). The lowest BCUT2D eigenvalue weighted by Gasteiger charge is -2.36. The molecule has 6 nitrogen and oxygen atoms in total. The van der Waals surface area contributed by atoms with E-state index in [0.29, 0.717) is 24.6 Å². The molecule has 0 saturated heterocycles. The van der Waals surface area contributed by atoms with Gasteiger partial charge in [0.15, 0.2) is 5.82 Å². The molecule has 1 aliphatic rings. The van der Waals surface area contributed by atoms with Crippen LogP contribution in [0.25, 0.3) is 0 Å². The number of halogens is 3. The Bertz CT molecular complexity index is 539. The Labute approximate surface area is 131 Å². The molecule has 0 radical (unpaired) electrons. The van der Waals surface area contributed by atoms with Crippen molar-refractivity contribution in [1.82, 2.24) is 15.5 Å². The minimum Gasteiger partial charge on any atom is -0.359 e. The minimum atomic E-state index is -4.47. The highest BCUT2D eigenvalue weighted by atomic mass is 19.4. The number of alkyl halides is 3. The summed E-state index contributed by atoms with van der Waals surface area (Å²) in [5, 5.41) is 6.67. The normalized spacial score (nSPS) is 19.3. The Kier molecular flexibility index (Phi) is 5.28. The molecular weight excluding hydrogens is 315 g/mol. The Balaban J connectivity index is 2.07. The molecule has 0 unspecified atom stereocenters. The van der Waals surface area contributed by atoms with E-state index in [4.69, 9.17) is 4.52 Å². The maximum absolute atomic E-state index is 12.2. The van der Waals surface area contributed by atoms with Crippen molar-refractivity contribution < 1.29 is 27.2 Å². The molecule has 1 heterocycles. The van der Waals surface area contributed by atoms with Crippen LogP contribution in [0.4, 0.5) is 13.2 Å². The molecule has 130 valence electrons. The van der Waals surface area contributed by atoms with Crippen molar-refractivity contribution in [1.29, 1.82) is 0 Å². The summed E-state index contributed by atoms with van der Waals surface area (Å²) in [6.07, 6.45) is -1.70. The van der Waals surface area contributed by atoms with Crippen LogP contribution in [-0.4, -0.2) is 34.9 Å². The zero-order chi connectivity index (χ0) is 17.1. The van der Waals surface area contributed by atoms with E-state index in [1.807, 2.05) is 0 Å². The van der Waals surface area contributed by atoms with Gasteiger partial charge in [-0.15, -0.1) is 0 Å². The molecule has 1 amide bonds. The van der Waals surface area contributed by atoms with Crippen LogP contribution in [-0.2, 0) is 15.1 Å². The van der Waals surface area contributed by atoms with Crippen molar-refractivity contribution in [3.05, 3.63) is 11.7 Å². The third-order valence-corrected chi connectivity index (χ3v) is 3.89. The van der Waals surface area contributed by atoms with E-state index >= 15 is 0 Å². The first kappa shape index (κ1) is 17.7. The first-order valence-electron chi connectivity index (χ1n) is 7.53. The quantitative estimate of drug-likeness (QED) is 0.895. The van der Waals surface area contributed by atoms with Crippen molar-refractivity contribution >= 4 is 5.91 Å². The molecule has 0 aromatic carbocycles. The molecule has 1 aromatic heterocycles. The number of hydrogen-bond donors (Lipinski definition) is 1. The molecule has 1 atom stereocenters. The first-order chi connectivity index (χ1) is 10.7. The standard InChI is InChI=1S/C14H20F3N3O3/c1-9(22-8-14(15,16)17)11(21)19-13(6-4-3-5-7-13)12-18-10(2)23-20-12/h9H,3-8H2,1-2H3,(H,19,21)/t9-/m1/s1. The number of aryl methyl sites for hydroxylation is 1. The molecule has 23 heavy (non-hydrogen) atoms. The van der Waals surface area contributed by atoms with E-state index in [1.54, 1.807) is 6.92 Å². The van der Waals surface area contributed by atoms with Gasteiger partial charge in [0.1, 0.15) is 18.2 Å². The van der Waals surface area contributed by atoms with Gasteiger partial charge in [-0.3, -0.25) is 4.79 Å². The van der Waals surface area contributed by atoms with E-state index < -0.39 is 30.3 Å². The minimum absolute atomic E-state index is 0.367. The van der Waals surface area contributed by atoms with Crippen LogP contribution in [0.5, 0.6) is 0 Å². The monoisotopic (exact) mass is 335 g/mol. The summed E-state index contributed by atoms with van der Waals surface area (Å²) < 4.78 is 46.2. The van der Waals surface area contributed by atoms with Gasteiger partial charge in [-0.05, 0) is 19.8 Å². The summed E-state index contributed by atoms with van der Waals surface area (Å²) in [5.74, 6) is 0.130. The van der Waals surface area contributed by atoms with Crippen LogP contribution >= 0.6 is 0 Å². The molecule has 1 fully saturated rings. The van der Waals surface area contributed by atoms with Crippen molar-refractivity contribution in [2.24, 2.45) is 0 Å². The average Bonchev–Trinajstić information content (AvgIpc) is 2.92. The lowest BCUT2D eigenvalue weighted by molar-refractivity contribution is -0.186. The second kappa shape index (κ2) is 6.86. The number of nitrogens with zero attached hydrogens (tertiary/aromatic N) is 2. The van der Waals surface area contributed by atoms with Gasteiger partial charge in [0.25, 0.3) is 0 Å². The fourth-order valence-electron chi connectivity index (χ4n) is 2.69. The molecule has 1 saturated carbocycles. The van der Waals surface area contributed by atoms with Crippen molar-refractivity contribution in [2.75, 3.05) is 6.61 Å². The molecule has 0 spiro atoms. The maximum Gasteiger partial charge on any atom is 0.411 e.